The summed E-state index contributed by atoms with van der Waals surface area (Å²) in [5, 5.41) is 3.21. The second kappa shape index (κ2) is 5.73. The summed E-state index contributed by atoms with van der Waals surface area (Å²) < 4.78 is 13.0. The first-order chi connectivity index (χ1) is 6.72. The summed E-state index contributed by atoms with van der Waals surface area (Å²) >= 11 is 0. The molecule has 3 N–H and O–H groups in total. The van der Waals surface area contributed by atoms with E-state index in [4.69, 9.17) is 5.73 Å². The molecule has 14 heavy (non-hydrogen) atoms. The predicted molar refractivity (Wildman–Crippen MR) is 56.5 cm³/mol. The zero-order valence-corrected chi connectivity index (χ0v) is 8.52. The lowest BCUT2D eigenvalue weighted by Crippen LogP contribution is -2.17. The molecule has 0 aliphatic heterocycles. The second-order valence-corrected chi connectivity index (χ2v) is 3.46. The number of hydrogen-bond donors (Lipinski definition) is 2. The fourth-order valence-corrected chi connectivity index (χ4v) is 1.37. The van der Waals surface area contributed by atoms with E-state index >= 15 is 0 Å². The first kappa shape index (κ1) is 11.1. The van der Waals surface area contributed by atoms with Crippen molar-refractivity contribution in [3.05, 3.63) is 35.1 Å². The van der Waals surface area contributed by atoms with E-state index in [0.717, 1.165) is 24.1 Å². The number of rotatable bonds is 5. The highest BCUT2D eigenvalue weighted by atomic mass is 19.1. The van der Waals surface area contributed by atoms with E-state index in [-0.39, 0.29) is 5.82 Å². The summed E-state index contributed by atoms with van der Waals surface area (Å²) in [6.45, 7) is 4.17. The smallest absolute Gasteiger partial charge is 0.123 e. The SMILES string of the molecule is Cc1cc(F)cc(CNCCCN)c1. The lowest BCUT2D eigenvalue weighted by molar-refractivity contribution is 0.615. The fourth-order valence-electron chi connectivity index (χ4n) is 1.37. The summed E-state index contributed by atoms with van der Waals surface area (Å²) in [7, 11) is 0. The number of halogens is 1. The highest BCUT2D eigenvalue weighted by molar-refractivity contribution is 5.23. The maximum Gasteiger partial charge on any atom is 0.123 e. The molecule has 0 unspecified atom stereocenters. The predicted octanol–water partition coefficient (Wildman–Crippen LogP) is 1.57. The van der Waals surface area contributed by atoms with Gasteiger partial charge in [-0.15, -0.1) is 0 Å². The third-order valence-electron chi connectivity index (χ3n) is 1.99. The van der Waals surface area contributed by atoms with Crippen molar-refractivity contribution >= 4 is 0 Å². The van der Waals surface area contributed by atoms with E-state index in [1.165, 1.54) is 6.07 Å². The molecule has 0 saturated heterocycles. The summed E-state index contributed by atoms with van der Waals surface area (Å²) in [6, 6.07) is 5.07. The Morgan fingerprint density at radius 2 is 2.14 bits per heavy atom. The third kappa shape index (κ3) is 3.85. The Kier molecular flexibility index (Phi) is 4.56. The van der Waals surface area contributed by atoms with E-state index in [0.29, 0.717) is 13.1 Å². The van der Waals surface area contributed by atoms with Gasteiger partial charge in [-0.05, 0) is 49.7 Å². The number of aryl methyl sites for hydroxylation is 1. The van der Waals surface area contributed by atoms with Gasteiger partial charge in [-0.3, -0.25) is 0 Å². The van der Waals surface area contributed by atoms with E-state index in [2.05, 4.69) is 5.32 Å². The van der Waals surface area contributed by atoms with Crippen LogP contribution in [0.3, 0.4) is 0 Å². The Bertz CT molecular complexity index is 266. The van der Waals surface area contributed by atoms with Crippen LogP contribution in [0, 0.1) is 12.7 Å². The number of nitrogens with one attached hydrogen (secondary N) is 1. The molecule has 0 aromatic heterocycles. The van der Waals surface area contributed by atoms with Gasteiger partial charge in [0.25, 0.3) is 0 Å². The summed E-state index contributed by atoms with van der Waals surface area (Å²) in [4.78, 5) is 0. The second-order valence-electron chi connectivity index (χ2n) is 3.46. The Labute approximate surface area is 84.3 Å². The highest BCUT2D eigenvalue weighted by Gasteiger charge is 1.97. The minimum absolute atomic E-state index is 0.166. The third-order valence-corrected chi connectivity index (χ3v) is 1.99. The van der Waals surface area contributed by atoms with Crippen LogP contribution in [0.5, 0.6) is 0 Å². The number of nitrogens with two attached hydrogens (primary N) is 1. The van der Waals surface area contributed by atoms with Gasteiger partial charge >= 0.3 is 0 Å². The Morgan fingerprint density at radius 3 is 2.79 bits per heavy atom. The van der Waals surface area contributed by atoms with Crippen LogP contribution in [0.1, 0.15) is 17.5 Å². The zero-order valence-electron chi connectivity index (χ0n) is 8.52. The molecule has 0 radical (unpaired) electrons. The van der Waals surface area contributed by atoms with Crippen molar-refractivity contribution in [2.75, 3.05) is 13.1 Å². The molecule has 0 saturated carbocycles. The molecule has 1 rings (SSSR count). The first-order valence-electron chi connectivity index (χ1n) is 4.89. The molecule has 0 bridgehead atoms. The van der Waals surface area contributed by atoms with Crippen molar-refractivity contribution in [3.8, 4) is 0 Å². The van der Waals surface area contributed by atoms with Gasteiger partial charge in [0.15, 0.2) is 0 Å². The van der Waals surface area contributed by atoms with Gasteiger partial charge in [-0.2, -0.15) is 0 Å². The van der Waals surface area contributed by atoms with Crippen molar-refractivity contribution in [3.63, 3.8) is 0 Å². The molecule has 0 aliphatic carbocycles. The van der Waals surface area contributed by atoms with Crippen molar-refractivity contribution in [1.29, 1.82) is 0 Å². The van der Waals surface area contributed by atoms with Gasteiger partial charge in [0.05, 0.1) is 0 Å². The summed E-state index contributed by atoms with van der Waals surface area (Å²) in [5.74, 6) is -0.166. The first-order valence-corrected chi connectivity index (χ1v) is 4.89. The van der Waals surface area contributed by atoms with Gasteiger partial charge in [-0.25, -0.2) is 4.39 Å². The number of benzene rings is 1. The minimum Gasteiger partial charge on any atom is -0.330 e. The van der Waals surface area contributed by atoms with Crippen LogP contribution < -0.4 is 11.1 Å². The van der Waals surface area contributed by atoms with Crippen molar-refractivity contribution in [2.24, 2.45) is 5.73 Å². The van der Waals surface area contributed by atoms with Gasteiger partial charge in [-0.1, -0.05) is 6.07 Å². The van der Waals surface area contributed by atoms with Crippen LogP contribution in [0.4, 0.5) is 4.39 Å². The van der Waals surface area contributed by atoms with E-state index in [1.54, 1.807) is 6.07 Å². The largest absolute Gasteiger partial charge is 0.330 e. The fraction of sp³-hybridized carbons (Fsp3) is 0.455. The van der Waals surface area contributed by atoms with Crippen molar-refractivity contribution in [1.82, 2.24) is 5.32 Å². The molecule has 0 aliphatic rings. The van der Waals surface area contributed by atoms with E-state index in [9.17, 15) is 4.39 Å². The minimum atomic E-state index is -0.166. The lowest BCUT2D eigenvalue weighted by Gasteiger charge is -2.05. The van der Waals surface area contributed by atoms with Crippen molar-refractivity contribution in [2.45, 2.75) is 19.9 Å². The lowest BCUT2D eigenvalue weighted by atomic mass is 10.1. The molecule has 3 heteroatoms. The molecule has 0 amide bonds. The molecule has 1 aromatic rings. The van der Waals surface area contributed by atoms with Crippen LogP contribution in [-0.2, 0) is 6.54 Å². The van der Waals surface area contributed by atoms with Gasteiger partial charge in [0, 0.05) is 6.54 Å². The maximum atomic E-state index is 13.0. The van der Waals surface area contributed by atoms with E-state index < -0.39 is 0 Å². The molecule has 2 nitrogen and oxygen atoms in total. The van der Waals surface area contributed by atoms with Gasteiger partial charge in [0.2, 0.25) is 0 Å². The van der Waals surface area contributed by atoms with Crippen LogP contribution in [0.15, 0.2) is 18.2 Å². The average molecular weight is 196 g/mol. The van der Waals surface area contributed by atoms with Crippen molar-refractivity contribution < 1.29 is 4.39 Å². The quantitative estimate of drug-likeness (QED) is 0.702. The van der Waals surface area contributed by atoms with Gasteiger partial charge < -0.3 is 11.1 Å². The molecule has 0 atom stereocenters. The number of hydrogen-bond acceptors (Lipinski definition) is 2. The Morgan fingerprint density at radius 1 is 1.36 bits per heavy atom. The topological polar surface area (TPSA) is 38.0 Å². The van der Waals surface area contributed by atoms with E-state index in [1.807, 2.05) is 13.0 Å². The zero-order chi connectivity index (χ0) is 10.4. The highest BCUT2D eigenvalue weighted by Crippen LogP contribution is 2.07. The molecule has 1 aromatic carbocycles. The molecule has 78 valence electrons. The molecular formula is C11H17FN2. The summed E-state index contributed by atoms with van der Waals surface area (Å²) in [6.07, 6.45) is 0.953. The Hall–Kier alpha value is -0.930. The van der Waals surface area contributed by atoms with Crippen LogP contribution >= 0.6 is 0 Å². The molecule has 0 spiro atoms. The molecule has 0 fully saturated rings. The van der Waals surface area contributed by atoms with Crippen LogP contribution in [0.25, 0.3) is 0 Å². The maximum absolute atomic E-state index is 13.0. The van der Waals surface area contributed by atoms with Gasteiger partial charge in [0.1, 0.15) is 5.82 Å². The molecule has 0 heterocycles. The summed E-state index contributed by atoms with van der Waals surface area (Å²) in [5.41, 5.74) is 7.30. The standard InChI is InChI=1S/C11H17FN2/c1-9-5-10(7-11(12)6-9)8-14-4-2-3-13/h5-7,14H,2-4,8,13H2,1H3. The normalized spacial score (nSPS) is 10.5. The van der Waals surface area contributed by atoms with Crippen LogP contribution in [-0.4, -0.2) is 13.1 Å². The monoisotopic (exact) mass is 196 g/mol. The Balaban J connectivity index is 2.42. The van der Waals surface area contributed by atoms with Crippen LogP contribution in [0.2, 0.25) is 0 Å². The molecular weight excluding hydrogens is 179 g/mol. The average Bonchev–Trinajstić information content (AvgIpc) is 2.11.